The Morgan fingerprint density at radius 3 is 2.35 bits per heavy atom. The molecule has 0 atom stereocenters. The van der Waals surface area contributed by atoms with Gasteiger partial charge >= 0.3 is 0 Å². The third kappa shape index (κ3) is 6.47. The number of carbonyl (C=O) groups is 1. The van der Waals surface area contributed by atoms with Gasteiger partial charge in [-0.05, 0) is 66.9 Å². The van der Waals surface area contributed by atoms with Gasteiger partial charge in [0.25, 0.3) is 15.9 Å². The summed E-state index contributed by atoms with van der Waals surface area (Å²) in [7, 11) is -2.24. The van der Waals surface area contributed by atoms with Crippen LogP contribution in [-0.2, 0) is 15.8 Å². The van der Waals surface area contributed by atoms with Gasteiger partial charge in [-0.1, -0.05) is 17.7 Å². The van der Waals surface area contributed by atoms with Gasteiger partial charge in [0.2, 0.25) is 0 Å². The molecule has 3 aromatic rings. The van der Waals surface area contributed by atoms with Crippen LogP contribution in [0.5, 0.6) is 0 Å². The number of rotatable bonds is 10. The SMILES string of the molecule is CSc1ccc(S(=O)(=O)N(C)c2ccc(C(=O)NCCSCc3c(F)cccc3Cl)cc2)cc1. The number of halogens is 2. The molecule has 0 unspecified atom stereocenters. The van der Waals surface area contributed by atoms with Gasteiger partial charge < -0.3 is 5.32 Å². The van der Waals surface area contributed by atoms with E-state index in [0.29, 0.717) is 39.9 Å². The number of anilines is 1. The largest absolute Gasteiger partial charge is 0.351 e. The van der Waals surface area contributed by atoms with Crippen LogP contribution < -0.4 is 9.62 Å². The molecule has 3 aromatic carbocycles. The first-order valence-corrected chi connectivity index (χ1v) is 14.5. The number of carbonyl (C=O) groups excluding carboxylic acids is 1. The summed E-state index contributed by atoms with van der Waals surface area (Å²) in [5.41, 5.74) is 1.32. The topological polar surface area (TPSA) is 66.5 Å². The van der Waals surface area contributed by atoms with E-state index in [0.717, 1.165) is 4.90 Å². The van der Waals surface area contributed by atoms with Crippen LogP contribution in [0.15, 0.2) is 76.5 Å². The Bertz CT molecular complexity index is 1220. The first kappa shape index (κ1) is 26.4. The summed E-state index contributed by atoms with van der Waals surface area (Å²) in [5, 5.41) is 3.20. The van der Waals surface area contributed by atoms with Crippen molar-refractivity contribution in [1.82, 2.24) is 5.32 Å². The van der Waals surface area contributed by atoms with E-state index < -0.39 is 10.0 Å². The quantitative estimate of drug-likeness (QED) is 0.265. The van der Waals surface area contributed by atoms with Crippen LogP contribution in [0.25, 0.3) is 0 Å². The maximum Gasteiger partial charge on any atom is 0.264 e. The first-order chi connectivity index (χ1) is 16.2. The molecule has 0 bridgehead atoms. The third-order valence-electron chi connectivity index (χ3n) is 5.05. The zero-order valence-electron chi connectivity index (χ0n) is 18.6. The van der Waals surface area contributed by atoms with Crippen molar-refractivity contribution in [3.63, 3.8) is 0 Å². The zero-order chi connectivity index (χ0) is 24.7. The average molecular weight is 539 g/mol. The van der Waals surface area contributed by atoms with Gasteiger partial charge in [0.05, 0.1) is 10.6 Å². The fraction of sp³-hybridized carbons (Fsp3) is 0.208. The van der Waals surface area contributed by atoms with E-state index in [1.807, 2.05) is 6.26 Å². The van der Waals surface area contributed by atoms with Gasteiger partial charge in [-0.3, -0.25) is 9.10 Å². The second-order valence-corrected chi connectivity index (χ2v) is 11.6. The minimum Gasteiger partial charge on any atom is -0.351 e. The fourth-order valence-electron chi connectivity index (χ4n) is 3.05. The summed E-state index contributed by atoms with van der Waals surface area (Å²) in [4.78, 5) is 13.6. The lowest BCUT2D eigenvalue weighted by molar-refractivity contribution is 0.0956. The highest BCUT2D eigenvalue weighted by molar-refractivity contribution is 7.98. The third-order valence-corrected chi connectivity index (χ3v) is 8.93. The Balaban J connectivity index is 1.53. The van der Waals surface area contributed by atoms with E-state index in [1.165, 1.54) is 40.9 Å². The minimum absolute atomic E-state index is 0.198. The predicted octanol–water partition coefficient (Wildman–Crippen LogP) is 5.69. The molecule has 0 heterocycles. The van der Waals surface area contributed by atoms with E-state index in [9.17, 15) is 17.6 Å². The summed E-state index contributed by atoms with van der Waals surface area (Å²) in [6.45, 7) is 0.400. The maximum absolute atomic E-state index is 13.8. The number of hydrogen-bond donors (Lipinski definition) is 1. The van der Waals surface area contributed by atoms with E-state index in [4.69, 9.17) is 11.6 Å². The van der Waals surface area contributed by atoms with Crippen molar-refractivity contribution in [2.45, 2.75) is 15.5 Å². The summed E-state index contributed by atoms with van der Waals surface area (Å²) in [5.74, 6) is 0.393. The maximum atomic E-state index is 13.8. The molecular weight excluding hydrogens is 515 g/mol. The van der Waals surface area contributed by atoms with Crippen LogP contribution in [0.2, 0.25) is 5.02 Å². The summed E-state index contributed by atoms with van der Waals surface area (Å²) < 4.78 is 40.8. The highest BCUT2D eigenvalue weighted by atomic mass is 35.5. The first-order valence-electron chi connectivity index (χ1n) is 10.3. The predicted molar refractivity (Wildman–Crippen MR) is 140 cm³/mol. The molecule has 0 aromatic heterocycles. The van der Waals surface area contributed by atoms with Crippen LogP contribution in [0, 0.1) is 5.82 Å². The van der Waals surface area contributed by atoms with E-state index >= 15 is 0 Å². The molecule has 0 fully saturated rings. The van der Waals surface area contributed by atoms with Crippen LogP contribution in [0.1, 0.15) is 15.9 Å². The molecule has 0 aliphatic carbocycles. The number of thioether (sulfide) groups is 2. The molecule has 1 N–H and O–H groups in total. The van der Waals surface area contributed by atoms with Crippen molar-refractivity contribution in [3.8, 4) is 0 Å². The van der Waals surface area contributed by atoms with Crippen molar-refractivity contribution in [2.75, 3.05) is 29.9 Å². The monoisotopic (exact) mass is 538 g/mol. The highest BCUT2D eigenvalue weighted by Crippen LogP contribution is 2.25. The van der Waals surface area contributed by atoms with Crippen molar-refractivity contribution >= 4 is 56.7 Å². The molecule has 3 rings (SSSR count). The number of nitrogens with zero attached hydrogens (tertiary/aromatic N) is 1. The molecule has 1 amide bonds. The van der Waals surface area contributed by atoms with Gasteiger partial charge in [0, 0.05) is 46.1 Å². The second kappa shape index (κ2) is 12.0. The second-order valence-electron chi connectivity index (χ2n) is 7.20. The van der Waals surface area contributed by atoms with Crippen LogP contribution in [0.4, 0.5) is 10.1 Å². The van der Waals surface area contributed by atoms with Crippen LogP contribution >= 0.6 is 35.1 Å². The highest BCUT2D eigenvalue weighted by Gasteiger charge is 2.21. The molecule has 5 nitrogen and oxygen atoms in total. The summed E-state index contributed by atoms with van der Waals surface area (Å²) >= 11 is 9.02. The van der Waals surface area contributed by atoms with Crippen LogP contribution in [0.3, 0.4) is 0 Å². The van der Waals surface area contributed by atoms with Gasteiger partial charge in [-0.25, -0.2) is 12.8 Å². The molecule has 180 valence electrons. The molecule has 0 saturated carbocycles. The molecule has 0 aliphatic rings. The van der Waals surface area contributed by atoms with E-state index in [1.54, 1.807) is 60.7 Å². The number of hydrogen-bond acceptors (Lipinski definition) is 5. The zero-order valence-corrected chi connectivity index (χ0v) is 21.8. The molecule has 0 spiro atoms. The van der Waals surface area contributed by atoms with Gasteiger partial charge in [0.15, 0.2) is 0 Å². The van der Waals surface area contributed by atoms with Crippen molar-refractivity contribution in [1.29, 1.82) is 0 Å². The van der Waals surface area contributed by atoms with E-state index in [-0.39, 0.29) is 16.6 Å². The normalized spacial score (nSPS) is 11.3. The number of sulfonamides is 1. The standard InChI is InChI=1S/C24H24ClFN2O3S3/c1-28(34(30,31)20-12-10-19(32-2)11-13-20)18-8-6-17(7-9-18)24(29)27-14-15-33-16-21-22(25)4-3-5-23(21)26/h3-13H,14-16H2,1-2H3,(H,27,29). The Labute approximate surface area is 213 Å². The molecule has 0 saturated heterocycles. The van der Waals surface area contributed by atoms with Gasteiger partial charge in [-0.15, -0.1) is 11.8 Å². The fourth-order valence-corrected chi connectivity index (χ4v) is 5.85. The molecule has 34 heavy (non-hydrogen) atoms. The number of amides is 1. The average Bonchev–Trinajstić information content (AvgIpc) is 2.85. The van der Waals surface area contributed by atoms with Gasteiger partial charge in [-0.2, -0.15) is 11.8 Å². The lowest BCUT2D eigenvalue weighted by atomic mass is 10.2. The summed E-state index contributed by atoms with van der Waals surface area (Å²) in [6, 6.07) is 17.6. The molecule has 0 aliphatic heterocycles. The summed E-state index contributed by atoms with van der Waals surface area (Å²) in [6.07, 6.45) is 1.92. The smallest absolute Gasteiger partial charge is 0.264 e. The Morgan fingerprint density at radius 2 is 1.74 bits per heavy atom. The van der Waals surface area contributed by atoms with Crippen molar-refractivity contribution in [3.05, 3.63) is 88.7 Å². The van der Waals surface area contributed by atoms with Crippen molar-refractivity contribution in [2.24, 2.45) is 0 Å². The Kier molecular flexibility index (Phi) is 9.30. The minimum atomic E-state index is -3.72. The Morgan fingerprint density at radius 1 is 1.06 bits per heavy atom. The van der Waals surface area contributed by atoms with Crippen molar-refractivity contribution < 1.29 is 17.6 Å². The lowest BCUT2D eigenvalue weighted by Crippen LogP contribution is -2.27. The van der Waals surface area contributed by atoms with Crippen LogP contribution in [-0.4, -0.2) is 39.9 Å². The number of benzene rings is 3. The van der Waals surface area contributed by atoms with Gasteiger partial charge in [0.1, 0.15) is 5.82 Å². The Hall–Kier alpha value is -2.20. The molecular formula is C24H24ClFN2O3S3. The molecule has 0 radical (unpaired) electrons. The lowest BCUT2D eigenvalue weighted by Gasteiger charge is -2.20. The van der Waals surface area contributed by atoms with E-state index in [2.05, 4.69) is 5.32 Å². The molecule has 10 heteroatoms. The number of nitrogens with one attached hydrogen (secondary N) is 1.